The van der Waals surface area contributed by atoms with Gasteiger partial charge in [-0.15, -0.1) is 0 Å². The van der Waals surface area contributed by atoms with E-state index in [1.807, 2.05) is 0 Å². The lowest BCUT2D eigenvalue weighted by atomic mass is 10.5. The van der Waals surface area contributed by atoms with E-state index in [2.05, 4.69) is 14.6 Å². The molecule has 0 aromatic carbocycles. The van der Waals surface area contributed by atoms with Crippen LogP contribution < -0.4 is 4.72 Å². The second-order valence-corrected chi connectivity index (χ2v) is 5.12. The summed E-state index contributed by atoms with van der Waals surface area (Å²) in [5.74, 6) is -0.613. The molecule has 0 saturated heterocycles. The van der Waals surface area contributed by atoms with Crippen molar-refractivity contribution in [3.63, 3.8) is 0 Å². The first-order valence-corrected chi connectivity index (χ1v) is 6.50. The number of ether oxygens (including phenoxy) is 1. The van der Waals surface area contributed by atoms with Gasteiger partial charge in [-0.25, -0.2) is 8.42 Å². The molecule has 0 spiro atoms. The van der Waals surface area contributed by atoms with Crippen LogP contribution in [0.4, 0.5) is 0 Å². The third-order valence-corrected chi connectivity index (χ3v) is 3.47. The van der Waals surface area contributed by atoms with E-state index in [1.54, 1.807) is 20.9 Å². The van der Waals surface area contributed by atoms with Crippen molar-refractivity contribution in [1.82, 2.24) is 14.5 Å². The van der Waals surface area contributed by atoms with E-state index >= 15 is 0 Å². The Labute approximate surface area is 99.8 Å². The molecule has 1 heterocycles. The fourth-order valence-corrected chi connectivity index (χ4v) is 2.47. The van der Waals surface area contributed by atoms with Crippen molar-refractivity contribution in [1.29, 1.82) is 0 Å². The van der Waals surface area contributed by atoms with Crippen molar-refractivity contribution >= 4 is 16.0 Å². The van der Waals surface area contributed by atoms with Crippen LogP contribution in [-0.2, 0) is 26.6 Å². The van der Waals surface area contributed by atoms with Gasteiger partial charge in [0.2, 0.25) is 10.0 Å². The number of carbonyl (C=O) groups is 1. The van der Waals surface area contributed by atoms with Gasteiger partial charge in [0.25, 0.3) is 0 Å². The van der Waals surface area contributed by atoms with Crippen molar-refractivity contribution in [2.45, 2.75) is 18.7 Å². The van der Waals surface area contributed by atoms with Crippen LogP contribution in [0.3, 0.4) is 0 Å². The van der Waals surface area contributed by atoms with Crippen molar-refractivity contribution in [3.05, 3.63) is 11.9 Å². The van der Waals surface area contributed by atoms with E-state index in [9.17, 15) is 13.2 Å². The number of esters is 1. The number of sulfonamides is 1. The number of nitrogens with one attached hydrogen (secondary N) is 1. The lowest BCUT2D eigenvalue weighted by molar-refractivity contribution is -0.141. The Balaban J connectivity index is 2.76. The van der Waals surface area contributed by atoms with Crippen LogP contribution in [0.1, 0.15) is 12.6 Å². The molecule has 0 aliphatic carbocycles. The highest BCUT2D eigenvalue weighted by Gasteiger charge is 2.20. The maximum Gasteiger partial charge on any atom is 0.321 e. The molecule has 1 N–H and O–H groups in total. The highest BCUT2D eigenvalue weighted by atomic mass is 32.2. The highest BCUT2D eigenvalue weighted by Crippen LogP contribution is 2.11. The monoisotopic (exact) mass is 261 g/mol. The van der Waals surface area contributed by atoms with Gasteiger partial charge in [0, 0.05) is 13.2 Å². The summed E-state index contributed by atoms with van der Waals surface area (Å²) in [5.41, 5.74) is 0.379. The fraction of sp³-hybridized carbons (Fsp3) is 0.556. The van der Waals surface area contributed by atoms with Gasteiger partial charge in [0.05, 0.1) is 12.3 Å². The fourth-order valence-electron chi connectivity index (χ4n) is 1.29. The molecule has 7 nitrogen and oxygen atoms in total. The molecule has 17 heavy (non-hydrogen) atoms. The molecular formula is C9H15N3O4S. The lowest BCUT2D eigenvalue weighted by Crippen LogP contribution is -2.30. The highest BCUT2D eigenvalue weighted by molar-refractivity contribution is 7.89. The minimum absolute atomic E-state index is 0.0595. The van der Waals surface area contributed by atoms with Gasteiger partial charge in [-0.1, -0.05) is 0 Å². The second kappa shape index (κ2) is 5.28. The van der Waals surface area contributed by atoms with Crippen molar-refractivity contribution in [3.8, 4) is 0 Å². The van der Waals surface area contributed by atoms with E-state index in [4.69, 9.17) is 0 Å². The SMILES string of the molecule is CCOC(=O)CNS(=O)(=O)c1cn(C)nc1C. The third-order valence-electron chi connectivity index (χ3n) is 1.97. The van der Waals surface area contributed by atoms with Crippen molar-refractivity contribution in [2.75, 3.05) is 13.2 Å². The van der Waals surface area contributed by atoms with Crippen LogP contribution in [0, 0.1) is 6.92 Å². The average molecular weight is 261 g/mol. The first-order valence-electron chi connectivity index (χ1n) is 5.02. The van der Waals surface area contributed by atoms with Gasteiger partial charge < -0.3 is 4.74 Å². The van der Waals surface area contributed by atoms with Gasteiger partial charge >= 0.3 is 5.97 Å². The molecule has 8 heteroatoms. The topological polar surface area (TPSA) is 90.3 Å². The van der Waals surface area contributed by atoms with Gasteiger partial charge in [0.1, 0.15) is 11.4 Å². The van der Waals surface area contributed by atoms with Crippen LogP contribution in [0.2, 0.25) is 0 Å². The standard InChI is InChI=1S/C9H15N3O4S/c1-4-16-9(13)5-10-17(14,15)8-6-12(3)11-7(8)2/h6,10H,4-5H2,1-3H3. The zero-order valence-electron chi connectivity index (χ0n) is 9.93. The molecule has 0 bridgehead atoms. The minimum Gasteiger partial charge on any atom is -0.465 e. The van der Waals surface area contributed by atoms with Crippen LogP contribution in [-0.4, -0.2) is 37.3 Å². The van der Waals surface area contributed by atoms with Crippen molar-refractivity contribution in [2.24, 2.45) is 7.05 Å². The molecule has 0 radical (unpaired) electrons. The van der Waals surface area contributed by atoms with Crippen LogP contribution in [0.5, 0.6) is 0 Å². The molecule has 1 rings (SSSR count). The quantitative estimate of drug-likeness (QED) is 0.726. The normalized spacial score (nSPS) is 11.5. The number of aromatic nitrogens is 2. The Kier molecular flexibility index (Phi) is 4.24. The maximum atomic E-state index is 11.8. The summed E-state index contributed by atoms with van der Waals surface area (Å²) >= 11 is 0. The van der Waals surface area contributed by atoms with Gasteiger partial charge in [-0.2, -0.15) is 9.82 Å². The summed E-state index contributed by atoms with van der Waals surface area (Å²) in [7, 11) is -2.10. The van der Waals surface area contributed by atoms with E-state index < -0.39 is 16.0 Å². The summed E-state index contributed by atoms with van der Waals surface area (Å²) in [6.07, 6.45) is 1.38. The number of aryl methyl sites for hydroxylation is 2. The zero-order valence-corrected chi connectivity index (χ0v) is 10.7. The Morgan fingerprint density at radius 2 is 2.24 bits per heavy atom. The number of hydrogen-bond acceptors (Lipinski definition) is 5. The molecule has 96 valence electrons. The Bertz CT molecular complexity index is 506. The molecule has 0 unspecified atom stereocenters. The summed E-state index contributed by atoms with van der Waals surface area (Å²) in [4.78, 5) is 11.1. The predicted molar refractivity (Wildman–Crippen MR) is 59.8 cm³/mol. The molecule has 0 saturated carbocycles. The summed E-state index contributed by atoms with van der Waals surface area (Å²) in [6.45, 7) is 3.06. The minimum atomic E-state index is -3.72. The van der Waals surface area contributed by atoms with E-state index in [1.165, 1.54) is 10.9 Å². The number of hydrogen-bond donors (Lipinski definition) is 1. The third kappa shape index (κ3) is 3.53. The molecule has 0 amide bonds. The summed E-state index contributed by atoms with van der Waals surface area (Å²) in [6, 6.07) is 0. The molecular weight excluding hydrogens is 246 g/mol. The Morgan fingerprint density at radius 3 is 2.71 bits per heavy atom. The average Bonchev–Trinajstić information content (AvgIpc) is 2.56. The number of carbonyl (C=O) groups excluding carboxylic acids is 1. The smallest absolute Gasteiger partial charge is 0.321 e. The van der Waals surface area contributed by atoms with Gasteiger partial charge in [-0.3, -0.25) is 9.48 Å². The first-order chi connectivity index (χ1) is 7.86. The molecule has 0 aliphatic heterocycles. The van der Waals surface area contributed by atoms with E-state index in [-0.39, 0.29) is 18.0 Å². The predicted octanol–water partition coefficient (Wildman–Crippen LogP) is -0.430. The zero-order chi connectivity index (χ0) is 13.1. The summed E-state index contributed by atoms with van der Waals surface area (Å²) in [5, 5.41) is 3.92. The van der Waals surface area contributed by atoms with Gasteiger partial charge in [0.15, 0.2) is 0 Å². The second-order valence-electron chi connectivity index (χ2n) is 3.38. The van der Waals surface area contributed by atoms with Crippen LogP contribution in [0.25, 0.3) is 0 Å². The Hall–Kier alpha value is -1.41. The molecule has 0 fully saturated rings. The molecule has 1 aromatic heterocycles. The first kappa shape index (κ1) is 13.7. The van der Waals surface area contributed by atoms with Gasteiger partial charge in [-0.05, 0) is 13.8 Å². The van der Waals surface area contributed by atoms with Crippen molar-refractivity contribution < 1.29 is 17.9 Å². The molecule has 0 atom stereocenters. The lowest BCUT2D eigenvalue weighted by Gasteiger charge is -2.04. The Morgan fingerprint density at radius 1 is 1.59 bits per heavy atom. The van der Waals surface area contributed by atoms with Crippen LogP contribution in [0.15, 0.2) is 11.1 Å². The largest absolute Gasteiger partial charge is 0.465 e. The number of rotatable bonds is 5. The van der Waals surface area contributed by atoms with Crippen LogP contribution >= 0.6 is 0 Å². The number of nitrogens with zero attached hydrogens (tertiary/aromatic N) is 2. The molecule has 1 aromatic rings. The summed E-state index contributed by atoms with van der Waals surface area (Å²) < 4.78 is 31.8. The maximum absolute atomic E-state index is 11.8. The molecule has 0 aliphatic rings. The van der Waals surface area contributed by atoms with E-state index in [0.29, 0.717) is 5.69 Å². The van der Waals surface area contributed by atoms with E-state index in [0.717, 1.165) is 0 Å².